The molecule has 2 heterocycles. The van der Waals surface area contributed by atoms with Crippen LogP contribution in [0, 0.1) is 0 Å². The molecule has 0 nitrogen and oxygen atoms in total. The molecule has 0 bridgehead atoms. The van der Waals surface area contributed by atoms with Crippen molar-refractivity contribution in [2.75, 3.05) is 28.8 Å². The van der Waals surface area contributed by atoms with Crippen LogP contribution in [0.3, 0.4) is 0 Å². The van der Waals surface area contributed by atoms with Gasteiger partial charge in [0.15, 0.2) is 0 Å². The molecule has 2 fully saturated rings. The summed E-state index contributed by atoms with van der Waals surface area (Å²) in [6, 6.07) is 0. The second kappa shape index (κ2) is 4.58. The Morgan fingerprint density at radius 1 is 1.00 bits per heavy atom. The maximum Gasteiger partial charge on any atom is 0.0596 e. The van der Waals surface area contributed by atoms with E-state index in [9.17, 15) is 0 Å². The first-order valence-electron chi connectivity index (χ1n) is 3.88. The van der Waals surface area contributed by atoms with E-state index in [1.54, 1.807) is 0 Å². The molecule has 11 heavy (non-hydrogen) atoms. The summed E-state index contributed by atoms with van der Waals surface area (Å²) in [5, 5.41) is 0.996. The van der Waals surface area contributed by atoms with Crippen molar-refractivity contribution in [2.45, 2.75) is 9.83 Å². The molecule has 2 saturated heterocycles. The van der Waals surface area contributed by atoms with Crippen molar-refractivity contribution in [3.8, 4) is 0 Å². The van der Waals surface area contributed by atoms with Crippen LogP contribution in [0.2, 0.25) is 0 Å². The summed E-state index contributed by atoms with van der Waals surface area (Å²) in [7, 11) is 0. The Bertz CT molecular complexity index is 118. The first-order valence-corrected chi connectivity index (χ1v) is 8.18. The van der Waals surface area contributed by atoms with E-state index in [1.165, 1.54) is 28.8 Å². The van der Waals surface area contributed by atoms with Crippen LogP contribution < -0.4 is 0 Å². The third kappa shape index (κ3) is 2.68. The lowest BCUT2D eigenvalue weighted by molar-refractivity contribution is 1.08. The number of thioether (sulfide) groups is 4. The monoisotopic (exact) mass is 224 g/mol. The van der Waals surface area contributed by atoms with Crippen LogP contribution in [0.1, 0.15) is 0 Å². The Morgan fingerprint density at radius 2 is 1.91 bits per heavy atom. The fourth-order valence-corrected chi connectivity index (χ4v) is 6.94. The van der Waals surface area contributed by atoms with Gasteiger partial charge in [-0.25, -0.2) is 0 Å². The summed E-state index contributed by atoms with van der Waals surface area (Å²) in [6.45, 7) is 0. The molecule has 2 aliphatic heterocycles. The molecule has 0 aliphatic carbocycles. The molecule has 2 rings (SSSR count). The topological polar surface area (TPSA) is 0 Å². The van der Waals surface area contributed by atoms with E-state index < -0.39 is 0 Å². The lowest BCUT2D eigenvalue weighted by atomic mass is 10.5. The molecule has 0 radical (unpaired) electrons. The zero-order valence-electron chi connectivity index (χ0n) is 6.32. The van der Waals surface area contributed by atoms with E-state index in [-0.39, 0.29) is 0 Å². The summed E-state index contributed by atoms with van der Waals surface area (Å²) in [4.78, 5) is 0. The van der Waals surface area contributed by atoms with Gasteiger partial charge in [-0.2, -0.15) is 23.5 Å². The second-order valence-corrected chi connectivity index (χ2v) is 8.01. The maximum atomic E-state index is 2.23. The van der Waals surface area contributed by atoms with Crippen molar-refractivity contribution >= 4 is 47.0 Å². The standard InChI is InChI=1S/C7H12S4/c1-2-10-7(5-8-1)11-6-3-9-4-6/h6-7H,1-5H2. The van der Waals surface area contributed by atoms with Crippen LogP contribution in [0.5, 0.6) is 0 Å². The Labute approximate surface area is 85.4 Å². The lowest BCUT2D eigenvalue weighted by Crippen LogP contribution is -2.25. The molecule has 0 spiro atoms. The molecule has 0 aromatic rings. The zero-order valence-corrected chi connectivity index (χ0v) is 9.59. The van der Waals surface area contributed by atoms with E-state index in [0.29, 0.717) is 0 Å². The van der Waals surface area contributed by atoms with Crippen molar-refractivity contribution in [1.82, 2.24) is 0 Å². The van der Waals surface area contributed by atoms with Crippen LogP contribution in [0.4, 0.5) is 0 Å². The number of hydrogen-bond acceptors (Lipinski definition) is 4. The predicted octanol–water partition coefficient (Wildman–Crippen LogP) is 2.64. The van der Waals surface area contributed by atoms with Gasteiger partial charge in [-0.3, -0.25) is 0 Å². The Kier molecular flexibility index (Phi) is 3.74. The maximum absolute atomic E-state index is 2.23. The van der Waals surface area contributed by atoms with Crippen LogP contribution in [-0.2, 0) is 0 Å². The highest BCUT2D eigenvalue weighted by atomic mass is 32.2. The Morgan fingerprint density at radius 3 is 2.45 bits per heavy atom. The lowest BCUT2D eigenvalue weighted by Gasteiger charge is -2.30. The number of rotatable bonds is 2. The minimum absolute atomic E-state index is 0.916. The molecule has 1 atom stereocenters. The van der Waals surface area contributed by atoms with Crippen LogP contribution in [0.25, 0.3) is 0 Å². The number of hydrogen-bond donors (Lipinski definition) is 0. The predicted molar refractivity (Wildman–Crippen MR) is 62.3 cm³/mol. The van der Waals surface area contributed by atoms with Crippen molar-refractivity contribution < 1.29 is 0 Å². The van der Waals surface area contributed by atoms with Gasteiger partial charge in [0.25, 0.3) is 0 Å². The minimum Gasteiger partial charge on any atom is -0.160 e. The first-order chi connectivity index (χ1) is 5.45. The van der Waals surface area contributed by atoms with E-state index >= 15 is 0 Å². The SMILES string of the molecule is C1CSC(SC2CSC2)CS1. The summed E-state index contributed by atoms with van der Waals surface area (Å²) in [6.07, 6.45) is 0. The molecule has 0 N–H and O–H groups in total. The molecular formula is C7H12S4. The van der Waals surface area contributed by atoms with Crippen molar-refractivity contribution in [1.29, 1.82) is 0 Å². The summed E-state index contributed by atoms with van der Waals surface area (Å²) in [5.74, 6) is 6.96. The first kappa shape index (κ1) is 8.97. The van der Waals surface area contributed by atoms with Gasteiger partial charge in [0.2, 0.25) is 0 Å². The van der Waals surface area contributed by atoms with Gasteiger partial charge in [0.05, 0.1) is 4.58 Å². The van der Waals surface area contributed by atoms with Crippen molar-refractivity contribution in [3.05, 3.63) is 0 Å². The molecule has 4 heteroatoms. The quantitative estimate of drug-likeness (QED) is 0.707. The molecular weight excluding hydrogens is 212 g/mol. The summed E-state index contributed by atoms with van der Waals surface area (Å²) < 4.78 is 0.916. The van der Waals surface area contributed by atoms with E-state index in [4.69, 9.17) is 0 Å². The molecule has 1 unspecified atom stereocenters. The van der Waals surface area contributed by atoms with Crippen molar-refractivity contribution in [3.63, 3.8) is 0 Å². The largest absolute Gasteiger partial charge is 0.160 e. The smallest absolute Gasteiger partial charge is 0.0596 e. The Hall–Kier alpha value is 1.40. The molecule has 64 valence electrons. The second-order valence-electron chi connectivity index (χ2n) is 2.67. The highest BCUT2D eigenvalue weighted by Crippen LogP contribution is 2.39. The molecule has 0 aromatic heterocycles. The van der Waals surface area contributed by atoms with Gasteiger partial charge in [-0.05, 0) is 0 Å². The van der Waals surface area contributed by atoms with Crippen LogP contribution in [0.15, 0.2) is 0 Å². The van der Waals surface area contributed by atoms with Gasteiger partial charge in [0, 0.05) is 34.0 Å². The van der Waals surface area contributed by atoms with E-state index in [1.807, 2.05) is 0 Å². The van der Waals surface area contributed by atoms with Gasteiger partial charge < -0.3 is 0 Å². The van der Waals surface area contributed by atoms with Crippen LogP contribution in [-0.4, -0.2) is 38.6 Å². The highest BCUT2D eigenvalue weighted by Gasteiger charge is 2.24. The van der Waals surface area contributed by atoms with Crippen molar-refractivity contribution in [2.24, 2.45) is 0 Å². The minimum atomic E-state index is 0.916. The molecule has 0 aromatic carbocycles. The fourth-order valence-electron chi connectivity index (χ4n) is 1.05. The average Bonchev–Trinajstić information content (AvgIpc) is 1.99. The average molecular weight is 224 g/mol. The van der Waals surface area contributed by atoms with Crippen LogP contribution >= 0.6 is 47.0 Å². The Balaban J connectivity index is 1.67. The van der Waals surface area contributed by atoms with Gasteiger partial charge in [0.1, 0.15) is 0 Å². The summed E-state index contributed by atoms with van der Waals surface area (Å²) in [5.41, 5.74) is 0. The zero-order chi connectivity index (χ0) is 7.52. The van der Waals surface area contributed by atoms with Gasteiger partial charge in [-0.1, -0.05) is 0 Å². The third-order valence-corrected chi connectivity index (χ3v) is 8.09. The molecule has 0 saturated carbocycles. The summed E-state index contributed by atoms with van der Waals surface area (Å²) >= 11 is 8.63. The van der Waals surface area contributed by atoms with E-state index in [0.717, 1.165) is 9.83 Å². The molecule has 2 aliphatic rings. The van der Waals surface area contributed by atoms with Gasteiger partial charge in [-0.15, -0.1) is 23.5 Å². The normalized spacial score (nSPS) is 33.3. The third-order valence-electron chi connectivity index (χ3n) is 1.74. The van der Waals surface area contributed by atoms with E-state index in [2.05, 4.69) is 47.0 Å². The highest BCUT2D eigenvalue weighted by molar-refractivity contribution is 8.20. The molecule has 0 amide bonds. The van der Waals surface area contributed by atoms with Gasteiger partial charge >= 0.3 is 0 Å². The fraction of sp³-hybridized carbons (Fsp3) is 1.00.